The van der Waals surface area contributed by atoms with Crippen LogP contribution in [-0.2, 0) is 12.8 Å². The molecule has 1 nitrogen and oxygen atoms in total. The van der Waals surface area contributed by atoms with Crippen LogP contribution in [0, 0.1) is 0 Å². The fraction of sp³-hybridized carbons (Fsp3) is 0.571. The van der Waals surface area contributed by atoms with Gasteiger partial charge in [0.1, 0.15) is 0 Å². The molecule has 0 unspecified atom stereocenters. The molecule has 0 radical (unpaired) electrons. The molecule has 86 valence electrons. The Morgan fingerprint density at radius 2 is 2.19 bits per heavy atom. The van der Waals surface area contributed by atoms with E-state index in [-0.39, 0.29) is 5.54 Å². The number of aryl methyl sites for hydroxylation is 1. The van der Waals surface area contributed by atoms with Gasteiger partial charge in [-0.2, -0.15) is 0 Å². The molecule has 1 saturated carbocycles. The first-order chi connectivity index (χ1) is 7.77. The summed E-state index contributed by atoms with van der Waals surface area (Å²) in [5.74, 6) is 1.29. The minimum absolute atomic E-state index is 0.199. The number of hydrogen-bond donors (Lipinski definition) is 1. The standard InChI is InChI=1S/C14H19NS/c15-14(8-9-14)7-6-11-3-1-5-13-12(11)4-2-10-16-13/h1,3,5H,2,4,6-10,15H2. The van der Waals surface area contributed by atoms with E-state index in [0.717, 1.165) is 0 Å². The highest BCUT2D eigenvalue weighted by Crippen LogP contribution is 2.38. The van der Waals surface area contributed by atoms with E-state index in [4.69, 9.17) is 5.73 Å². The predicted molar refractivity (Wildman–Crippen MR) is 70.0 cm³/mol. The summed E-state index contributed by atoms with van der Waals surface area (Å²) < 4.78 is 0. The first kappa shape index (κ1) is 10.7. The van der Waals surface area contributed by atoms with Crippen molar-refractivity contribution in [1.82, 2.24) is 0 Å². The molecule has 0 bridgehead atoms. The predicted octanol–water partition coefficient (Wildman–Crippen LogP) is 3.15. The van der Waals surface area contributed by atoms with Gasteiger partial charge in [-0.3, -0.25) is 0 Å². The Morgan fingerprint density at radius 1 is 1.31 bits per heavy atom. The van der Waals surface area contributed by atoms with Crippen molar-refractivity contribution in [1.29, 1.82) is 0 Å². The van der Waals surface area contributed by atoms with Gasteiger partial charge in [-0.15, -0.1) is 11.8 Å². The number of rotatable bonds is 3. The molecular formula is C14H19NS. The lowest BCUT2D eigenvalue weighted by Crippen LogP contribution is -2.22. The van der Waals surface area contributed by atoms with Gasteiger partial charge >= 0.3 is 0 Å². The zero-order chi connectivity index (χ0) is 11.0. The summed E-state index contributed by atoms with van der Waals surface area (Å²) in [5, 5.41) is 0. The molecule has 0 amide bonds. The Kier molecular flexibility index (Phi) is 2.72. The average molecular weight is 233 g/mol. The zero-order valence-electron chi connectivity index (χ0n) is 9.67. The average Bonchev–Trinajstić information content (AvgIpc) is 3.05. The van der Waals surface area contributed by atoms with Gasteiger partial charge < -0.3 is 5.73 Å². The third-order valence-corrected chi connectivity index (χ3v) is 5.03. The quantitative estimate of drug-likeness (QED) is 0.868. The van der Waals surface area contributed by atoms with E-state index >= 15 is 0 Å². The minimum Gasteiger partial charge on any atom is -0.325 e. The summed E-state index contributed by atoms with van der Waals surface area (Å²) in [6.07, 6.45) is 7.43. The van der Waals surface area contributed by atoms with Gasteiger partial charge in [-0.1, -0.05) is 12.1 Å². The van der Waals surface area contributed by atoms with Crippen molar-refractivity contribution in [3.05, 3.63) is 29.3 Å². The first-order valence-electron chi connectivity index (χ1n) is 6.29. The van der Waals surface area contributed by atoms with Crippen LogP contribution in [0.1, 0.15) is 36.8 Å². The Bertz CT molecular complexity index is 396. The SMILES string of the molecule is NC1(CCc2cccc3c2CCCS3)CC1. The largest absolute Gasteiger partial charge is 0.325 e. The maximum absolute atomic E-state index is 6.17. The number of hydrogen-bond acceptors (Lipinski definition) is 2. The lowest BCUT2D eigenvalue weighted by Gasteiger charge is -2.19. The Labute approximate surface area is 102 Å². The normalized spacial score (nSPS) is 21.6. The molecule has 1 aliphatic carbocycles. The highest BCUT2D eigenvalue weighted by atomic mass is 32.2. The van der Waals surface area contributed by atoms with Crippen LogP contribution >= 0.6 is 11.8 Å². The maximum atomic E-state index is 6.17. The summed E-state index contributed by atoms with van der Waals surface area (Å²) in [6, 6.07) is 6.79. The molecule has 3 rings (SSSR count). The molecule has 1 aromatic rings. The highest BCUT2D eigenvalue weighted by Gasteiger charge is 2.37. The summed E-state index contributed by atoms with van der Waals surface area (Å²) in [7, 11) is 0. The van der Waals surface area contributed by atoms with Crippen LogP contribution in [0.2, 0.25) is 0 Å². The van der Waals surface area contributed by atoms with Crippen LogP contribution in [-0.4, -0.2) is 11.3 Å². The fourth-order valence-electron chi connectivity index (χ4n) is 2.49. The molecule has 2 heteroatoms. The van der Waals surface area contributed by atoms with Gasteiger partial charge in [0.25, 0.3) is 0 Å². The van der Waals surface area contributed by atoms with Crippen LogP contribution in [0.15, 0.2) is 23.1 Å². The van der Waals surface area contributed by atoms with Crippen LogP contribution < -0.4 is 5.73 Å². The third kappa shape index (κ3) is 2.14. The fourth-order valence-corrected chi connectivity index (χ4v) is 3.58. The number of fused-ring (bicyclic) bond motifs is 1. The van der Waals surface area contributed by atoms with E-state index in [0.29, 0.717) is 0 Å². The van der Waals surface area contributed by atoms with Gasteiger partial charge in [0.2, 0.25) is 0 Å². The maximum Gasteiger partial charge on any atom is 0.0158 e. The van der Waals surface area contributed by atoms with E-state index in [1.807, 2.05) is 11.8 Å². The van der Waals surface area contributed by atoms with Crippen molar-refractivity contribution in [3.8, 4) is 0 Å². The van der Waals surface area contributed by atoms with E-state index in [1.165, 1.54) is 49.2 Å². The molecule has 16 heavy (non-hydrogen) atoms. The first-order valence-corrected chi connectivity index (χ1v) is 7.28. The Balaban J connectivity index is 1.78. The minimum atomic E-state index is 0.199. The molecule has 1 fully saturated rings. The van der Waals surface area contributed by atoms with E-state index in [2.05, 4.69) is 18.2 Å². The number of benzene rings is 1. The van der Waals surface area contributed by atoms with Crippen molar-refractivity contribution in [2.45, 2.75) is 49.0 Å². The van der Waals surface area contributed by atoms with Crippen LogP contribution in [0.25, 0.3) is 0 Å². The van der Waals surface area contributed by atoms with Gasteiger partial charge in [0.15, 0.2) is 0 Å². The lowest BCUT2D eigenvalue weighted by molar-refractivity contribution is 0.605. The van der Waals surface area contributed by atoms with Crippen LogP contribution in [0.5, 0.6) is 0 Å². The summed E-state index contributed by atoms with van der Waals surface area (Å²) in [6.45, 7) is 0. The van der Waals surface area contributed by atoms with Crippen LogP contribution in [0.3, 0.4) is 0 Å². The van der Waals surface area contributed by atoms with Gasteiger partial charge in [-0.05, 0) is 61.5 Å². The molecule has 2 aliphatic rings. The molecule has 0 atom stereocenters. The zero-order valence-corrected chi connectivity index (χ0v) is 10.5. The third-order valence-electron chi connectivity index (χ3n) is 3.84. The van der Waals surface area contributed by atoms with Crippen molar-refractivity contribution >= 4 is 11.8 Å². The summed E-state index contributed by atoms with van der Waals surface area (Å²) in [5.41, 5.74) is 9.53. The van der Waals surface area contributed by atoms with Gasteiger partial charge in [0.05, 0.1) is 0 Å². The summed E-state index contributed by atoms with van der Waals surface area (Å²) in [4.78, 5) is 1.52. The van der Waals surface area contributed by atoms with Crippen molar-refractivity contribution in [3.63, 3.8) is 0 Å². The van der Waals surface area contributed by atoms with Crippen molar-refractivity contribution in [2.75, 3.05) is 5.75 Å². The molecule has 1 aliphatic heterocycles. The van der Waals surface area contributed by atoms with E-state index in [1.54, 1.807) is 11.1 Å². The topological polar surface area (TPSA) is 26.0 Å². The van der Waals surface area contributed by atoms with Crippen LogP contribution in [0.4, 0.5) is 0 Å². The van der Waals surface area contributed by atoms with Crippen molar-refractivity contribution < 1.29 is 0 Å². The molecule has 0 saturated heterocycles. The highest BCUT2D eigenvalue weighted by molar-refractivity contribution is 7.99. The monoisotopic (exact) mass is 233 g/mol. The molecule has 1 aromatic carbocycles. The van der Waals surface area contributed by atoms with E-state index < -0.39 is 0 Å². The van der Waals surface area contributed by atoms with Crippen molar-refractivity contribution in [2.24, 2.45) is 5.73 Å². The second-order valence-electron chi connectivity index (χ2n) is 5.21. The molecule has 0 aromatic heterocycles. The second kappa shape index (κ2) is 4.08. The van der Waals surface area contributed by atoms with Gasteiger partial charge in [0, 0.05) is 10.4 Å². The molecule has 2 N–H and O–H groups in total. The Morgan fingerprint density at radius 3 is 3.00 bits per heavy atom. The lowest BCUT2D eigenvalue weighted by atomic mass is 9.96. The molecular weight excluding hydrogens is 214 g/mol. The molecule has 1 heterocycles. The van der Waals surface area contributed by atoms with Gasteiger partial charge in [-0.25, -0.2) is 0 Å². The molecule has 0 spiro atoms. The number of nitrogens with two attached hydrogens (primary N) is 1. The second-order valence-corrected chi connectivity index (χ2v) is 6.34. The smallest absolute Gasteiger partial charge is 0.0158 e. The van der Waals surface area contributed by atoms with E-state index in [9.17, 15) is 0 Å². The number of thioether (sulfide) groups is 1. The summed E-state index contributed by atoms with van der Waals surface area (Å²) >= 11 is 2.02. The Hall–Kier alpha value is -0.470.